The van der Waals surface area contributed by atoms with E-state index in [2.05, 4.69) is 5.32 Å². The zero-order valence-electron chi connectivity index (χ0n) is 18.1. The average Bonchev–Trinajstić information content (AvgIpc) is 3.35. The van der Waals surface area contributed by atoms with Crippen LogP contribution in [0, 0.1) is 0 Å². The predicted molar refractivity (Wildman–Crippen MR) is 118 cm³/mol. The normalized spacial score (nSPS) is 20.1. The molecule has 2 aromatic carbocycles. The lowest BCUT2D eigenvalue weighted by molar-refractivity contribution is -0.149. The van der Waals surface area contributed by atoms with Crippen molar-refractivity contribution in [3.63, 3.8) is 0 Å². The first kappa shape index (κ1) is 22.8. The number of carboxylic acids is 1. The summed E-state index contributed by atoms with van der Waals surface area (Å²) in [4.78, 5) is 38.0. The Morgan fingerprint density at radius 2 is 1.70 bits per heavy atom. The molecule has 9 nitrogen and oxygen atoms in total. The van der Waals surface area contributed by atoms with E-state index in [9.17, 15) is 24.6 Å². The highest BCUT2D eigenvalue weighted by molar-refractivity contribution is 5.90. The molecule has 0 spiro atoms. The molecule has 174 valence electrons. The van der Waals surface area contributed by atoms with Gasteiger partial charge in [0.15, 0.2) is 0 Å². The van der Waals surface area contributed by atoms with E-state index in [4.69, 9.17) is 9.47 Å². The van der Waals surface area contributed by atoms with Crippen molar-refractivity contribution in [2.45, 2.75) is 30.5 Å². The number of β-amino-alcohol motifs (C(OH)–C–C–N with tert-alkyl or cyclic N) is 1. The number of rotatable bonds is 7. The van der Waals surface area contributed by atoms with Crippen LogP contribution in [-0.4, -0.2) is 78.1 Å². The summed E-state index contributed by atoms with van der Waals surface area (Å²) in [6.45, 7) is -0.210. The first-order chi connectivity index (χ1) is 15.9. The second-order valence-corrected chi connectivity index (χ2v) is 8.21. The molecular formula is C24H26N2O7. The number of methoxy groups -OCH3 is 1. The lowest BCUT2D eigenvalue weighted by atomic mass is 9.98. The fraction of sp³-hybridized carbons (Fsp3) is 0.375. The number of carbonyl (C=O) groups is 3. The van der Waals surface area contributed by atoms with Gasteiger partial charge in [-0.15, -0.1) is 0 Å². The topological polar surface area (TPSA) is 125 Å². The van der Waals surface area contributed by atoms with E-state index in [1.165, 1.54) is 7.11 Å². The SMILES string of the molecule is COCC(NC(=O)OCC1c2ccccc2-c2ccccc21)C(=O)N1C[C@H](O)C[C@H]1C(=O)O. The van der Waals surface area contributed by atoms with Crippen molar-refractivity contribution in [3.8, 4) is 11.1 Å². The lowest BCUT2D eigenvalue weighted by Crippen LogP contribution is -2.53. The van der Waals surface area contributed by atoms with Crippen molar-refractivity contribution >= 4 is 18.0 Å². The predicted octanol–water partition coefficient (Wildman–Crippen LogP) is 1.59. The number of aliphatic hydroxyl groups excluding tert-OH is 1. The summed E-state index contributed by atoms with van der Waals surface area (Å²) in [6, 6.07) is 13.6. The van der Waals surface area contributed by atoms with Gasteiger partial charge in [-0.3, -0.25) is 4.79 Å². The minimum Gasteiger partial charge on any atom is -0.480 e. The number of benzene rings is 2. The molecule has 2 aromatic rings. The number of nitrogens with one attached hydrogen (secondary N) is 1. The summed E-state index contributed by atoms with van der Waals surface area (Å²) in [5, 5.41) is 21.7. The summed E-state index contributed by atoms with van der Waals surface area (Å²) in [5.41, 5.74) is 4.32. The molecule has 1 heterocycles. The van der Waals surface area contributed by atoms with Crippen LogP contribution >= 0.6 is 0 Å². The van der Waals surface area contributed by atoms with Gasteiger partial charge >= 0.3 is 12.1 Å². The molecule has 4 rings (SSSR count). The molecule has 1 aliphatic heterocycles. The standard InChI is InChI=1S/C24H26N2O7/c1-32-13-20(22(28)26-11-14(27)10-21(26)23(29)30)25-24(31)33-12-19-17-8-4-2-6-15(17)16-7-3-5-9-18(16)19/h2-9,14,19-21,27H,10-13H2,1H3,(H,25,31)(H,29,30)/t14-,20?,21+/m1/s1. The van der Waals surface area contributed by atoms with E-state index in [1.807, 2.05) is 48.5 Å². The van der Waals surface area contributed by atoms with E-state index in [-0.39, 0.29) is 32.1 Å². The number of likely N-dealkylation sites (tertiary alicyclic amines) is 1. The van der Waals surface area contributed by atoms with Crippen LogP contribution < -0.4 is 5.32 Å². The van der Waals surface area contributed by atoms with Crippen LogP contribution in [0.2, 0.25) is 0 Å². The highest BCUT2D eigenvalue weighted by Crippen LogP contribution is 2.44. The minimum atomic E-state index is -1.21. The summed E-state index contributed by atoms with van der Waals surface area (Å²) in [6.07, 6.45) is -1.81. The van der Waals surface area contributed by atoms with E-state index in [1.54, 1.807) is 0 Å². The molecule has 1 fully saturated rings. The highest BCUT2D eigenvalue weighted by Gasteiger charge is 2.41. The molecular weight excluding hydrogens is 428 g/mol. The number of nitrogens with zero attached hydrogens (tertiary/aromatic N) is 1. The third-order valence-electron chi connectivity index (χ3n) is 6.11. The van der Waals surface area contributed by atoms with Gasteiger partial charge in [0.1, 0.15) is 18.7 Å². The molecule has 0 bridgehead atoms. The number of ether oxygens (including phenoxy) is 2. The molecule has 3 N–H and O–H groups in total. The van der Waals surface area contributed by atoms with Crippen LogP contribution in [0.5, 0.6) is 0 Å². The zero-order valence-corrected chi connectivity index (χ0v) is 18.1. The summed E-state index contributed by atoms with van der Waals surface area (Å²) in [5.74, 6) is -1.99. The monoisotopic (exact) mass is 454 g/mol. The van der Waals surface area contributed by atoms with Crippen LogP contribution in [0.15, 0.2) is 48.5 Å². The number of alkyl carbamates (subject to hydrolysis) is 1. The number of carboxylic acid groups (broad SMARTS) is 1. The zero-order chi connectivity index (χ0) is 23.5. The maximum absolute atomic E-state index is 12.9. The van der Waals surface area contributed by atoms with Gasteiger partial charge in [-0.05, 0) is 22.3 Å². The quantitative estimate of drug-likeness (QED) is 0.580. The van der Waals surface area contributed by atoms with E-state index in [0.717, 1.165) is 27.2 Å². The van der Waals surface area contributed by atoms with Crippen molar-refractivity contribution < 1.29 is 34.1 Å². The second kappa shape index (κ2) is 9.60. The van der Waals surface area contributed by atoms with Gasteiger partial charge in [0.05, 0.1) is 12.7 Å². The first-order valence-corrected chi connectivity index (χ1v) is 10.7. The molecule has 1 saturated heterocycles. The van der Waals surface area contributed by atoms with Gasteiger partial charge in [-0.25, -0.2) is 9.59 Å². The smallest absolute Gasteiger partial charge is 0.407 e. The number of hydrogen-bond donors (Lipinski definition) is 3. The van der Waals surface area contributed by atoms with Gasteiger partial charge in [0, 0.05) is 26.0 Å². The average molecular weight is 454 g/mol. The first-order valence-electron chi connectivity index (χ1n) is 10.7. The fourth-order valence-electron chi connectivity index (χ4n) is 4.62. The van der Waals surface area contributed by atoms with Crippen molar-refractivity contribution in [2.24, 2.45) is 0 Å². The van der Waals surface area contributed by atoms with Crippen LogP contribution in [-0.2, 0) is 19.1 Å². The molecule has 2 aliphatic rings. The van der Waals surface area contributed by atoms with Crippen LogP contribution in [0.25, 0.3) is 11.1 Å². The van der Waals surface area contributed by atoms with Crippen molar-refractivity contribution in [2.75, 3.05) is 26.9 Å². The molecule has 3 atom stereocenters. The van der Waals surface area contributed by atoms with Crippen molar-refractivity contribution in [1.29, 1.82) is 0 Å². The second-order valence-electron chi connectivity index (χ2n) is 8.21. The maximum Gasteiger partial charge on any atom is 0.407 e. The fourth-order valence-corrected chi connectivity index (χ4v) is 4.62. The minimum absolute atomic E-state index is 0.0638. The largest absolute Gasteiger partial charge is 0.480 e. The summed E-state index contributed by atoms with van der Waals surface area (Å²) < 4.78 is 10.5. The molecule has 1 unspecified atom stereocenters. The van der Waals surface area contributed by atoms with Crippen molar-refractivity contribution in [1.82, 2.24) is 10.2 Å². The molecule has 0 saturated carbocycles. The Morgan fingerprint density at radius 3 is 2.27 bits per heavy atom. The summed E-state index contributed by atoms with van der Waals surface area (Å²) >= 11 is 0. The molecule has 9 heteroatoms. The Morgan fingerprint density at radius 1 is 1.09 bits per heavy atom. The number of aliphatic carboxylic acids is 1. The van der Waals surface area contributed by atoms with E-state index >= 15 is 0 Å². The molecule has 0 aromatic heterocycles. The van der Waals surface area contributed by atoms with Gasteiger partial charge in [-0.1, -0.05) is 48.5 Å². The molecule has 2 amide bonds. The van der Waals surface area contributed by atoms with Gasteiger partial charge in [0.25, 0.3) is 0 Å². The number of aliphatic hydroxyl groups is 1. The molecule has 1 aliphatic carbocycles. The van der Waals surface area contributed by atoms with E-state index in [0.29, 0.717) is 0 Å². The Bertz CT molecular complexity index is 1010. The van der Waals surface area contributed by atoms with Crippen LogP contribution in [0.3, 0.4) is 0 Å². The maximum atomic E-state index is 12.9. The van der Waals surface area contributed by atoms with Gasteiger partial charge in [0.2, 0.25) is 5.91 Å². The number of carbonyl (C=O) groups excluding carboxylic acids is 2. The third kappa shape index (κ3) is 4.55. The van der Waals surface area contributed by atoms with Gasteiger partial charge < -0.3 is 29.9 Å². The third-order valence-corrected chi connectivity index (χ3v) is 6.11. The van der Waals surface area contributed by atoms with Crippen molar-refractivity contribution in [3.05, 3.63) is 59.7 Å². The Kier molecular flexibility index (Phi) is 6.62. The summed E-state index contributed by atoms with van der Waals surface area (Å²) in [7, 11) is 1.37. The Hall–Kier alpha value is -3.43. The van der Waals surface area contributed by atoms with Gasteiger partial charge in [-0.2, -0.15) is 0 Å². The Labute approximate surface area is 190 Å². The molecule has 0 radical (unpaired) electrons. The number of hydrogen-bond acceptors (Lipinski definition) is 6. The van der Waals surface area contributed by atoms with E-state index < -0.39 is 36.2 Å². The van der Waals surface area contributed by atoms with Crippen LogP contribution in [0.4, 0.5) is 4.79 Å². The number of amides is 2. The van der Waals surface area contributed by atoms with Crippen LogP contribution in [0.1, 0.15) is 23.5 Å². The number of fused-ring (bicyclic) bond motifs is 3. The molecule has 33 heavy (non-hydrogen) atoms. The highest BCUT2D eigenvalue weighted by atomic mass is 16.5. The lowest BCUT2D eigenvalue weighted by Gasteiger charge is -2.26. The Balaban J connectivity index is 1.43.